The lowest BCUT2D eigenvalue weighted by Gasteiger charge is -2.11. The highest BCUT2D eigenvalue weighted by Gasteiger charge is 2.23. The topological polar surface area (TPSA) is 38.9 Å². The average Bonchev–Trinajstić information content (AvgIpc) is 3.04. The number of nitrogens with zero attached hydrogens (tertiary/aromatic N) is 2. The van der Waals surface area contributed by atoms with Crippen LogP contribution >= 0.6 is 0 Å². The van der Waals surface area contributed by atoms with Crippen molar-refractivity contribution in [1.29, 1.82) is 0 Å². The van der Waals surface area contributed by atoms with Crippen LogP contribution in [-0.4, -0.2) is 10.3 Å². The van der Waals surface area contributed by atoms with Crippen molar-refractivity contribution in [2.24, 2.45) is 0 Å². The number of aromatic nitrogens is 2. The number of hydrogen-bond acceptors (Lipinski definition) is 3. The summed E-state index contributed by atoms with van der Waals surface area (Å²) in [7, 11) is 0. The van der Waals surface area contributed by atoms with E-state index >= 15 is 0 Å². The van der Waals surface area contributed by atoms with Crippen LogP contribution in [0.15, 0.2) is 41.0 Å². The summed E-state index contributed by atoms with van der Waals surface area (Å²) >= 11 is 0. The molecule has 0 saturated heterocycles. The predicted octanol–water partition coefficient (Wildman–Crippen LogP) is 3.10. The molecule has 1 heterocycles. The smallest absolute Gasteiger partial charge is 0.135 e. The Balaban J connectivity index is 1.84. The van der Waals surface area contributed by atoms with Crippen LogP contribution in [0.2, 0.25) is 0 Å². The van der Waals surface area contributed by atoms with Gasteiger partial charge in [0.2, 0.25) is 0 Å². The highest BCUT2D eigenvalue weighted by atomic mass is 16.6. The first-order chi connectivity index (χ1) is 8.92. The van der Waals surface area contributed by atoms with Crippen molar-refractivity contribution in [3.05, 3.63) is 59.2 Å². The molecule has 0 fully saturated rings. The Bertz CT molecular complexity index is 717. The van der Waals surface area contributed by atoms with Gasteiger partial charge in [-0.25, -0.2) is 4.63 Å². The number of aryl methyl sites for hydroxylation is 1. The molecule has 18 heavy (non-hydrogen) atoms. The summed E-state index contributed by atoms with van der Waals surface area (Å²) in [5, 5.41) is 7.75. The van der Waals surface area contributed by atoms with Crippen LogP contribution in [0.3, 0.4) is 0 Å². The lowest BCUT2D eigenvalue weighted by atomic mass is 9.93. The van der Waals surface area contributed by atoms with Gasteiger partial charge < -0.3 is 0 Å². The molecule has 1 unspecified atom stereocenters. The first-order valence-corrected chi connectivity index (χ1v) is 6.13. The van der Waals surface area contributed by atoms with E-state index in [0.717, 1.165) is 23.9 Å². The monoisotopic (exact) mass is 235 g/mol. The number of hydrogen-bond donors (Lipinski definition) is 0. The Morgan fingerprint density at radius 3 is 3.11 bits per heavy atom. The van der Waals surface area contributed by atoms with E-state index in [4.69, 9.17) is 4.63 Å². The summed E-state index contributed by atoms with van der Waals surface area (Å²) in [6, 6.07) is 15.6. The molecule has 4 rings (SSSR count). The fraction of sp³-hybridized carbons (Fsp3) is 0.200. The van der Waals surface area contributed by atoms with Crippen molar-refractivity contribution in [2.45, 2.75) is 18.8 Å². The SMILES string of the molecule is [c]1ccc2c(c1)CCC2c1ccc2nonc2c1. The fourth-order valence-corrected chi connectivity index (χ4v) is 2.85. The second-order valence-electron chi connectivity index (χ2n) is 4.73. The zero-order chi connectivity index (χ0) is 11.9. The Kier molecular flexibility index (Phi) is 2.00. The summed E-state index contributed by atoms with van der Waals surface area (Å²) < 4.78 is 4.75. The highest BCUT2D eigenvalue weighted by molar-refractivity contribution is 5.74. The second kappa shape index (κ2) is 3.67. The Morgan fingerprint density at radius 1 is 1.17 bits per heavy atom. The summed E-state index contributed by atoms with van der Waals surface area (Å²) in [6.45, 7) is 0. The Labute approximate surface area is 104 Å². The summed E-state index contributed by atoms with van der Waals surface area (Å²) in [4.78, 5) is 0. The fourth-order valence-electron chi connectivity index (χ4n) is 2.85. The van der Waals surface area contributed by atoms with Crippen LogP contribution in [-0.2, 0) is 6.42 Å². The molecule has 0 amide bonds. The van der Waals surface area contributed by atoms with Gasteiger partial charge in [0.1, 0.15) is 11.0 Å². The molecule has 0 N–H and O–H groups in total. The minimum absolute atomic E-state index is 0.468. The van der Waals surface area contributed by atoms with Crippen LogP contribution < -0.4 is 0 Å². The molecular weight excluding hydrogens is 224 g/mol. The molecule has 0 spiro atoms. The van der Waals surface area contributed by atoms with Crippen molar-refractivity contribution in [1.82, 2.24) is 10.3 Å². The maximum atomic E-state index is 4.75. The van der Waals surface area contributed by atoms with Gasteiger partial charge in [-0.1, -0.05) is 24.3 Å². The van der Waals surface area contributed by atoms with Crippen LogP contribution in [0, 0.1) is 6.07 Å². The molecule has 1 aromatic heterocycles. The van der Waals surface area contributed by atoms with E-state index in [2.05, 4.69) is 40.6 Å². The summed E-state index contributed by atoms with van der Waals surface area (Å²) in [5.41, 5.74) is 5.79. The molecule has 0 saturated carbocycles. The van der Waals surface area contributed by atoms with Crippen molar-refractivity contribution in [3.8, 4) is 0 Å². The Morgan fingerprint density at radius 2 is 2.11 bits per heavy atom. The van der Waals surface area contributed by atoms with Crippen molar-refractivity contribution in [2.75, 3.05) is 0 Å². The van der Waals surface area contributed by atoms with Gasteiger partial charge >= 0.3 is 0 Å². The van der Waals surface area contributed by atoms with Crippen molar-refractivity contribution in [3.63, 3.8) is 0 Å². The standard InChI is InChI=1S/C15H11N2O/c1-2-4-12-10(3-1)5-7-13(12)11-6-8-14-15(9-11)17-18-16-14/h2-4,6,8-9,13H,5,7H2. The van der Waals surface area contributed by atoms with E-state index in [1.165, 1.54) is 16.7 Å². The quantitative estimate of drug-likeness (QED) is 0.650. The van der Waals surface area contributed by atoms with Crippen molar-refractivity contribution >= 4 is 11.0 Å². The molecule has 2 aromatic carbocycles. The number of rotatable bonds is 1. The van der Waals surface area contributed by atoms with Gasteiger partial charge in [0.05, 0.1) is 0 Å². The van der Waals surface area contributed by atoms with Crippen LogP contribution in [0.5, 0.6) is 0 Å². The zero-order valence-corrected chi connectivity index (χ0v) is 9.76. The minimum Gasteiger partial charge on any atom is -0.243 e. The maximum absolute atomic E-state index is 4.75. The van der Waals surface area contributed by atoms with Gasteiger partial charge in [-0.15, -0.1) is 0 Å². The van der Waals surface area contributed by atoms with Crippen LogP contribution in [0.25, 0.3) is 11.0 Å². The molecule has 3 heteroatoms. The third-order valence-corrected chi connectivity index (χ3v) is 3.75. The second-order valence-corrected chi connectivity index (χ2v) is 4.73. The van der Waals surface area contributed by atoms with E-state index < -0.39 is 0 Å². The normalized spacial score (nSPS) is 18.1. The maximum Gasteiger partial charge on any atom is 0.135 e. The van der Waals surface area contributed by atoms with E-state index in [-0.39, 0.29) is 0 Å². The van der Waals surface area contributed by atoms with Gasteiger partial charge in [0.15, 0.2) is 0 Å². The van der Waals surface area contributed by atoms with E-state index in [1.54, 1.807) is 0 Å². The zero-order valence-electron chi connectivity index (χ0n) is 9.76. The van der Waals surface area contributed by atoms with Gasteiger partial charge in [0, 0.05) is 5.92 Å². The van der Waals surface area contributed by atoms with Gasteiger partial charge in [-0.2, -0.15) is 0 Å². The molecule has 3 nitrogen and oxygen atoms in total. The van der Waals surface area contributed by atoms with E-state index in [1.807, 2.05) is 12.1 Å². The molecular formula is C15H11N2O. The van der Waals surface area contributed by atoms with E-state index in [9.17, 15) is 0 Å². The number of benzene rings is 2. The predicted molar refractivity (Wildman–Crippen MR) is 67.2 cm³/mol. The first-order valence-electron chi connectivity index (χ1n) is 6.13. The highest BCUT2D eigenvalue weighted by Crippen LogP contribution is 2.38. The van der Waals surface area contributed by atoms with Crippen LogP contribution in [0.4, 0.5) is 0 Å². The molecule has 0 bridgehead atoms. The molecule has 87 valence electrons. The molecule has 0 aliphatic heterocycles. The van der Waals surface area contributed by atoms with Crippen LogP contribution in [0.1, 0.15) is 29.0 Å². The van der Waals surface area contributed by atoms with E-state index in [0.29, 0.717) is 5.92 Å². The third kappa shape index (κ3) is 1.37. The van der Waals surface area contributed by atoms with Crippen molar-refractivity contribution < 1.29 is 4.63 Å². The Hall–Kier alpha value is -2.16. The third-order valence-electron chi connectivity index (χ3n) is 3.75. The van der Waals surface area contributed by atoms with Gasteiger partial charge in [-0.3, -0.25) is 0 Å². The summed E-state index contributed by atoms with van der Waals surface area (Å²) in [5.74, 6) is 0.468. The molecule has 1 aliphatic carbocycles. The lowest BCUT2D eigenvalue weighted by Crippen LogP contribution is -1.95. The van der Waals surface area contributed by atoms with Gasteiger partial charge in [0.25, 0.3) is 0 Å². The molecule has 1 radical (unpaired) electrons. The summed E-state index contributed by atoms with van der Waals surface area (Å²) in [6.07, 6.45) is 2.29. The largest absolute Gasteiger partial charge is 0.243 e. The van der Waals surface area contributed by atoms with Gasteiger partial charge in [-0.05, 0) is 58.0 Å². The lowest BCUT2D eigenvalue weighted by molar-refractivity contribution is 0.315. The minimum atomic E-state index is 0.468. The molecule has 3 aromatic rings. The molecule has 1 aliphatic rings. The molecule has 1 atom stereocenters. The first kappa shape index (κ1) is 9.83. The number of fused-ring (bicyclic) bond motifs is 2. The average molecular weight is 235 g/mol.